The first-order valence-electron chi connectivity index (χ1n) is 11.2. The zero-order valence-corrected chi connectivity index (χ0v) is 21.7. The van der Waals surface area contributed by atoms with Gasteiger partial charge in [-0.3, -0.25) is 19.3 Å². The highest BCUT2D eigenvalue weighted by atomic mass is 79.9. The standard InChI is InChI=1S/C26H25BrN2O5S/c1-3-11-34-22-14-20(27)19(12-21(22)33-4-2)13-23-25(31)29(26(32)35-23)16-24(30)28-10-9-17-7-5-6-8-18(17)15-28/h3,5-8,12-14H,1,4,9-11,15-16H2,2H3/b23-13-. The van der Waals surface area contributed by atoms with E-state index in [1.807, 2.05) is 25.1 Å². The summed E-state index contributed by atoms with van der Waals surface area (Å²) in [6.07, 6.45) is 4.01. The van der Waals surface area contributed by atoms with Gasteiger partial charge in [-0.1, -0.05) is 52.9 Å². The van der Waals surface area contributed by atoms with Crippen LogP contribution in [0, 0.1) is 0 Å². The first kappa shape index (κ1) is 25.1. The molecular formula is C26H25BrN2O5S. The zero-order chi connectivity index (χ0) is 24.9. The molecule has 4 rings (SSSR count). The number of halogens is 1. The summed E-state index contributed by atoms with van der Waals surface area (Å²) >= 11 is 4.32. The molecule has 0 radical (unpaired) electrons. The minimum atomic E-state index is -0.484. The molecule has 0 saturated carbocycles. The van der Waals surface area contributed by atoms with Crippen molar-refractivity contribution in [2.75, 3.05) is 26.3 Å². The van der Waals surface area contributed by atoms with Gasteiger partial charge in [0.1, 0.15) is 13.2 Å². The van der Waals surface area contributed by atoms with Crippen molar-refractivity contribution in [3.05, 3.63) is 75.1 Å². The van der Waals surface area contributed by atoms with E-state index in [2.05, 4.69) is 28.6 Å². The van der Waals surface area contributed by atoms with E-state index in [1.54, 1.807) is 29.2 Å². The molecule has 2 aromatic rings. The van der Waals surface area contributed by atoms with Crippen molar-refractivity contribution >= 4 is 50.8 Å². The number of nitrogens with zero attached hydrogens (tertiary/aromatic N) is 2. The highest BCUT2D eigenvalue weighted by Gasteiger charge is 2.37. The van der Waals surface area contributed by atoms with Crippen molar-refractivity contribution in [1.29, 1.82) is 0 Å². The van der Waals surface area contributed by atoms with Crippen molar-refractivity contribution < 1.29 is 23.9 Å². The number of imide groups is 1. The quantitative estimate of drug-likeness (QED) is 0.335. The number of ether oxygens (including phenoxy) is 2. The van der Waals surface area contributed by atoms with Gasteiger partial charge in [-0.15, -0.1) is 0 Å². The van der Waals surface area contributed by atoms with Gasteiger partial charge in [0.25, 0.3) is 11.1 Å². The van der Waals surface area contributed by atoms with Crippen LogP contribution in [0.1, 0.15) is 23.6 Å². The van der Waals surface area contributed by atoms with Crippen LogP contribution in [0.5, 0.6) is 11.5 Å². The average Bonchev–Trinajstić information content (AvgIpc) is 3.12. The van der Waals surface area contributed by atoms with Crippen molar-refractivity contribution in [2.45, 2.75) is 19.9 Å². The Balaban J connectivity index is 1.49. The maximum atomic E-state index is 13.0. The summed E-state index contributed by atoms with van der Waals surface area (Å²) in [6.45, 7) is 7.04. The first-order valence-corrected chi connectivity index (χ1v) is 12.8. The smallest absolute Gasteiger partial charge is 0.294 e. The second-order valence-electron chi connectivity index (χ2n) is 7.96. The lowest BCUT2D eigenvalue weighted by atomic mass is 10.00. The topological polar surface area (TPSA) is 76.2 Å². The Morgan fingerprint density at radius 3 is 2.66 bits per heavy atom. The van der Waals surface area contributed by atoms with Gasteiger partial charge in [0.05, 0.1) is 11.5 Å². The van der Waals surface area contributed by atoms with E-state index >= 15 is 0 Å². The van der Waals surface area contributed by atoms with Crippen molar-refractivity contribution in [2.24, 2.45) is 0 Å². The first-order chi connectivity index (χ1) is 16.9. The highest BCUT2D eigenvalue weighted by molar-refractivity contribution is 9.10. The summed E-state index contributed by atoms with van der Waals surface area (Å²) in [5, 5.41) is -0.459. The van der Waals surface area contributed by atoms with Crippen LogP contribution in [0.3, 0.4) is 0 Å². The largest absolute Gasteiger partial charge is 0.490 e. The summed E-state index contributed by atoms with van der Waals surface area (Å²) in [5.41, 5.74) is 2.98. The molecule has 9 heteroatoms. The van der Waals surface area contributed by atoms with E-state index in [4.69, 9.17) is 9.47 Å². The number of carbonyl (C=O) groups excluding carboxylic acids is 3. The molecule has 2 aromatic carbocycles. The maximum absolute atomic E-state index is 13.0. The number of carbonyl (C=O) groups is 3. The summed E-state index contributed by atoms with van der Waals surface area (Å²) < 4.78 is 12.0. The van der Waals surface area contributed by atoms with E-state index < -0.39 is 11.1 Å². The molecule has 0 bridgehead atoms. The van der Waals surface area contributed by atoms with Crippen molar-refractivity contribution in [3.63, 3.8) is 0 Å². The molecule has 2 aliphatic heterocycles. The highest BCUT2D eigenvalue weighted by Crippen LogP contribution is 2.38. The van der Waals surface area contributed by atoms with Crippen molar-refractivity contribution in [1.82, 2.24) is 9.80 Å². The van der Waals surface area contributed by atoms with E-state index in [9.17, 15) is 14.4 Å². The normalized spacial score (nSPS) is 16.5. The van der Waals surface area contributed by atoms with Crippen LogP contribution in [0.2, 0.25) is 0 Å². The number of benzene rings is 2. The molecular weight excluding hydrogens is 532 g/mol. The van der Waals surface area contributed by atoms with Gasteiger partial charge in [-0.25, -0.2) is 0 Å². The molecule has 35 heavy (non-hydrogen) atoms. The van der Waals surface area contributed by atoms with Gasteiger partial charge >= 0.3 is 0 Å². The average molecular weight is 557 g/mol. The molecule has 0 atom stereocenters. The maximum Gasteiger partial charge on any atom is 0.294 e. The second kappa shape index (κ2) is 11.1. The molecule has 3 amide bonds. The Morgan fingerprint density at radius 2 is 1.91 bits per heavy atom. The minimum absolute atomic E-state index is 0.244. The van der Waals surface area contributed by atoms with E-state index in [0.717, 1.165) is 28.6 Å². The summed E-state index contributed by atoms with van der Waals surface area (Å²) in [7, 11) is 0. The third kappa shape index (κ3) is 5.62. The van der Waals surface area contributed by atoms with Crippen LogP contribution in [0.15, 0.2) is 58.4 Å². The number of rotatable bonds is 8. The van der Waals surface area contributed by atoms with Gasteiger partial charge in [-0.2, -0.15) is 0 Å². The van der Waals surface area contributed by atoms with E-state index in [1.165, 1.54) is 5.56 Å². The SMILES string of the molecule is C=CCOc1cc(Br)c(/C=C2\SC(=O)N(CC(=O)N3CCc4ccccc4C3)C2=O)cc1OCC. The predicted molar refractivity (Wildman–Crippen MR) is 139 cm³/mol. The van der Waals surface area contributed by atoms with Crippen LogP contribution in [0.25, 0.3) is 6.08 Å². The molecule has 1 saturated heterocycles. The molecule has 0 unspecified atom stereocenters. The molecule has 2 aliphatic rings. The Bertz CT molecular complexity index is 1210. The Hall–Kier alpha value is -3.04. The lowest BCUT2D eigenvalue weighted by Gasteiger charge is -2.29. The number of fused-ring (bicyclic) bond motifs is 1. The fourth-order valence-electron chi connectivity index (χ4n) is 3.91. The third-order valence-electron chi connectivity index (χ3n) is 5.66. The van der Waals surface area contributed by atoms with E-state index in [-0.39, 0.29) is 17.4 Å². The molecule has 0 aromatic heterocycles. The summed E-state index contributed by atoms with van der Waals surface area (Å²) in [5.74, 6) is 0.329. The molecule has 0 spiro atoms. The molecule has 0 aliphatic carbocycles. The van der Waals surface area contributed by atoms with Gasteiger partial charge in [0, 0.05) is 17.6 Å². The fraction of sp³-hybridized carbons (Fsp3) is 0.269. The monoisotopic (exact) mass is 556 g/mol. The van der Waals surface area contributed by atoms with Crippen LogP contribution in [-0.2, 0) is 22.6 Å². The molecule has 182 valence electrons. The van der Waals surface area contributed by atoms with Gasteiger partial charge in [0.2, 0.25) is 5.91 Å². The minimum Gasteiger partial charge on any atom is -0.490 e. The van der Waals surface area contributed by atoms with Gasteiger partial charge < -0.3 is 14.4 Å². The molecule has 2 heterocycles. The number of thioether (sulfide) groups is 1. The van der Waals surface area contributed by atoms with Crippen LogP contribution >= 0.6 is 27.7 Å². The van der Waals surface area contributed by atoms with Gasteiger partial charge in [-0.05, 0) is 60.0 Å². The Labute approximate surface area is 216 Å². The van der Waals surface area contributed by atoms with Crippen LogP contribution in [0.4, 0.5) is 4.79 Å². The third-order valence-corrected chi connectivity index (χ3v) is 7.25. The zero-order valence-electron chi connectivity index (χ0n) is 19.3. The Morgan fingerprint density at radius 1 is 1.17 bits per heavy atom. The predicted octanol–water partition coefficient (Wildman–Crippen LogP) is 5.03. The second-order valence-corrected chi connectivity index (χ2v) is 9.80. The molecule has 0 N–H and O–H groups in total. The lowest BCUT2D eigenvalue weighted by molar-refractivity contribution is -0.136. The molecule has 7 nitrogen and oxygen atoms in total. The van der Waals surface area contributed by atoms with Crippen LogP contribution in [-0.4, -0.2) is 53.2 Å². The Kier molecular flexibility index (Phi) is 7.97. The van der Waals surface area contributed by atoms with E-state index in [0.29, 0.717) is 47.8 Å². The van der Waals surface area contributed by atoms with Crippen molar-refractivity contribution in [3.8, 4) is 11.5 Å². The molecule has 1 fully saturated rings. The van der Waals surface area contributed by atoms with Crippen LogP contribution < -0.4 is 9.47 Å². The number of amides is 3. The number of hydrogen-bond donors (Lipinski definition) is 0. The summed E-state index contributed by atoms with van der Waals surface area (Å²) in [4.78, 5) is 41.5. The lowest BCUT2D eigenvalue weighted by Crippen LogP contribution is -2.44. The summed E-state index contributed by atoms with van der Waals surface area (Å²) in [6, 6.07) is 11.5. The number of hydrogen-bond acceptors (Lipinski definition) is 6. The van der Waals surface area contributed by atoms with Gasteiger partial charge in [0.15, 0.2) is 11.5 Å². The fourth-order valence-corrected chi connectivity index (χ4v) is 5.18.